The molecule has 5 heterocycles. The summed E-state index contributed by atoms with van der Waals surface area (Å²) in [6.07, 6.45) is 4.74. The molecular weight excluding hydrogens is 784 g/mol. The SMILES string of the molecule is CC1(C)CCC(C)(C)c2cc(N3c4cc5oc6ccccc6c5c5c4B(c4sc6cc7c(cc6c43)C(C)(C)CCC7(C)C)n3c4ccc6ccccc6c4c4cccc-5c43)ccc21. The Morgan fingerprint density at radius 2 is 1.22 bits per heavy atom. The molecule has 2 aliphatic heterocycles. The second kappa shape index (κ2) is 11.7. The highest BCUT2D eigenvalue weighted by molar-refractivity contribution is 7.32. The molecule has 0 unspecified atom stereocenters. The average molecular weight is 835 g/mol. The largest absolute Gasteiger partial charge is 0.456 e. The molecular formula is C58H51BN2OS. The highest BCUT2D eigenvalue weighted by atomic mass is 32.1. The summed E-state index contributed by atoms with van der Waals surface area (Å²) in [4.78, 5) is 2.69. The lowest BCUT2D eigenvalue weighted by Gasteiger charge is -2.44. The van der Waals surface area contributed by atoms with Gasteiger partial charge in [-0.1, -0.05) is 128 Å². The lowest BCUT2D eigenvalue weighted by atomic mass is 9.48. The quantitative estimate of drug-likeness (QED) is 0.154. The summed E-state index contributed by atoms with van der Waals surface area (Å²) < 4.78 is 12.6. The molecule has 0 saturated heterocycles. The lowest BCUT2D eigenvalue weighted by molar-refractivity contribution is 0.332. The van der Waals surface area contributed by atoms with Gasteiger partial charge in [-0.15, -0.1) is 11.3 Å². The van der Waals surface area contributed by atoms with E-state index in [1.54, 1.807) is 0 Å². The predicted octanol–water partition coefficient (Wildman–Crippen LogP) is 15.2. The number of furan rings is 1. The summed E-state index contributed by atoms with van der Waals surface area (Å²) in [5.74, 6) is 0. The number of para-hydroxylation sites is 2. The van der Waals surface area contributed by atoms with Crippen molar-refractivity contribution >= 4 is 110 Å². The summed E-state index contributed by atoms with van der Waals surface area (Å²) in [7, 11) is 0. The van der Waals surface area contributed by atoms with Crippen molar-refractivity contribution in [1.82, 2.24) is 4.48 Å². The third kappa shape index (κ3) is 4.57. The molecule has 0 amide bonds. The third-order valence-electron chi connectivity index (χ3n) is 16.7. The highest BCUT2D eigenvalue weighted by Crippen LogP contribution is 2.56. The second-order valence-electron chi connectivity index (χ2n) is 22.1. The monoisotopic (exact) mass is 834 g/mol. The molecule has 7 aromatic carbocycles. The van der Waals surface area contributed by atoms with Gasteiger partial charge in [0.1, 0.15) is 11.2 Å². The minimum Gasteiger partial charge on any atom is -0.456 e. The number of nitrogens with zero attached hydrogens (tertiary/aromatic N) is 2. The van der Waals surface area contributed by atoms with Crippen molar-refractivity contribution in [3.8, 4) is 11.1 Å². The Balaban J connectivity index is 1.19. The number of fused-ring (bicyclic) bond motifs is 17. The first-order valence-corrected chi connectivity index (χ1v) is 24.0. The van der Waals surface area contributed by atoms with Crippen LogP contribution in [0, 0.1) is 0 Å². The van der Waals surface area contributed by atoms with Crippen LogP contribution in [0.25, 0.3) is 75.7 Å². The topological polar surface area (TPSA) is 21.3 Å². The van der Waals surface area contributed by atoms with Gasteiger partial charge in [0, 0.05) is 70.4 Å². The van der Waals surface area contributed by atoms with Crippen LogP contribution in [0.3, 0.4) is 0 Å². The van der Waals surface area contributed by atoms with Crippen molar-refractivity contribution in [2.45, 2.75) is 103 Å². The average Bonchev–Trinajstić information content (AvgIpc) is 3.95. The van der Waals surface area contributed by atoms with E-state index < -0.39 is 0 Å². The number of rotatable bonds is 1. The second-order valence-corrected chi connectivity index (χ2v) is 23.2. The lowest BCUT2D eigenvalue weighted by Crippen LogP contribution is -2.55. The fraction of sp³-hybridized carbons (Fsp3) is 0.276. The summed E-state index contributed by atoms with van der Waals surface area (Å²) >= 11 is 2.04. The standard InChI is InChI=1S/C58H51BN2OS/c1-55(2)24-25-56(3,4)40-28-33(21-22-39(40)55)60-44-31-46-49(35-16-11-12-19-45(35)62-46)50-37-18-13-17-36-48-34-15-10-9-14-32(34)20-23-43(48)61(52(36)37)59(51(44)50)54-53(60)38-29-41-42(30-47(38)63-54)58(7,8)27-26-57(41,5)6/h9-23,28-31H,24-27H2,1-8H3. The molecule has 0 fully saturated rings. The molecule has 4 aliphatic rings. The molecule has 14 rings (SSSR count). The summed E-state index contributed by atoms with van der Waals surface area (Å²) in [5, 5.41) is 9.02. The van der Waals surface area contributed by atoms with E-state index in [1.807, 2.05) is 11.3 Å². The molecule has 10 aromatic rings. The van der Waals surface area contributed by atoms with Gasteiger partial charge in [0.15, 0.2) is 0 Å². The van der Waals surface area contributed by atoms with E-state index in [-0.39, 0.29) is 28.5 Å². The first-order valence-electron chi connectivity index (χ1n) is 23.2. The third-order valence-corrected chi connectivity index (χ3v) is 17.9. The van der Waals surface area contributed by atoms with Crippen molar-refractivity contribution in [1.29, 1.82) is 0 Å². The number of hydrogen-bond acceptors (Lipinski definition) is 3. The fourth-order valence-electron chi connectivity index (χ4n) is 13.0. The Bertz CT molecular complexity index is 3720. The van der Waals surface area contributed by atoms with Crippen molar-refractivity contribution in [2.75, 3.05) is 4.90 Å². The maximum absolute atomic E-state index is 7.01. The van der Waals surface area contributed by atoms with Crippen LogP contribution in [-0.4, -0.2) is 11.3 Å². The Morgan fingerprint density at radius 1 is 0.556 bits per heavy atom. The zero-order chi connectivity index (χ0) is 42.7. The number of anilines is 3. The van der Waals surface area contributed by atoms with Gasteiger partial charge in [-0.3, -0.25) is 0 Å². The van der Waals surface area contributed by atoms with Gasteiger partial charge in [0.2, 0.25) is 0 Å². The van der Waals surface area contributed by atoms with Crippen LogP contribution in [-0.2, 0) is 21.7 Å². The molecule has 308 valence electrons. The molecule has 0 atom stereocenters. The van der Waals surface area contributed by atoms with Gasteiger partial charge in [-0.05, 0) is 128 Å². The smallest absolute Gasteiger partial charge is 0.343 e. The minimum absolute atomic E-state index is 0.0428. The van der Waals surface area contributed by atoms with E-state index >= 15 is 0 Å². The van der Waals surface area contributed by atoms with Gasteiger partial charge < -0.3 is 13.8 Å². The molecule has 3 aromatic heterocycles. The first kappa shape index (κ1) is 36.7. The van der Waals surface area contributed by atoms with Crippen molar-refractivity contribution in [2.24, 2.45) is 0 Å². The minimum atomic E-state index is -0.0428. The Morgan fingerprint density at radius 3 is 2.00 bits per heavy atom. The van der Waals surface area contributed by atoms with Crippen LogP contribution in [0.5, 0.6) is 0 Å². The van der Waals surface area contributed by atoms with Crippen molar-refractivity contribution in [3.05, 3.63) is 138 Å². The highest BCUT2D eigenvalue weighted by Gasteiger charge is 2.48. The zero-order valence-corrected chi connectivity index (χ0v) is 38.4. The van der Waals surface area contributed by atoms with Crippen LogP contribution in [0.2, 0.25) is 0 Å². The zero-order valence-electron chi connectivity index (χ0n) is 37.6. The van der Waals surface area contributed by atoms with Gasteiger partial charge in [0.25, 0.3) is 0 Å². The van der Waals surface area contributed by atoms with E-state index in [4.69, 9.17) is 4.42 Å². The van der Waals surface area contributed by atoms with E-state index in [2.05, 4.69) is 180 Å². The number of hydrogen-bond donors (Lipinski definition) is 0. The van der Waals surface area contributed by atoms with Crippen molar-refractivity contribution < 1.29 is 4.42 Å². The molecule has 3 nitrogen and oxygen atoms in total. The van der Waals surface area contributed by atoms with Crippen LogP contribution in [0.4, 0.5) is 17.1 Å². The van der Waals surface area contributed by atoms with Crippen LogP contribution in [0.15, 0.2) is 120 Å². The van der Waals surface area contributed by atoms with Crippen LogP contribution >= 0.6 is 11.3 Å². The van der Waals surface area contributed by atoms with Crippen molar-refractivity contribution in [3.63, 3.8) is 0 Å². The fourth-order valence-corrected chi connectivity index (χ4v) is 14.3. The van der Waals surface area contributed by atoms with E-state index in [0.717, 1.165) is 11.2 Å². The molecule has 0 bridgehead atoms. The molecule has 0 saturated carbocycles. The molecule has 63 heavy (non-hydrogen) atoms. The Labute approximate surface area is 373 Å². The Kier molecular flexibility index (Phi) is 6.79. The maximum Gasteiger partial charge on any atom is 0.343 e. The van der Waals surface area contributed by atoms with Crippen LogP contribution < -0.4 is 15.1 Å². The molecule has 0 N–H and O–H groups in total. The van der Waals surface area contributed by atoms with E-state index in [9.17, 15) is 0 Å². The summed E-state index contributed by atoms with van der Waals surface area (Å²) in [5.41, 5.74) is 18.6. The summed E-state index contributed by atoms with van der Waals surface area (Å²) in [6, 6.07) is 44.7. The van der Waals surface area contributed by atoms with E-state index in [1.165, 1.54) is 140 Å². The Hall–Kier alpha value is -5.78. The molecule has 0 radical (unpaired) electrons. The molecule has 5 heteroatoms. The predicted molar refractivity (Wildman–Crippen MR) is 271 cm³/mol. The first-order chi connectivity index (χ1) is 30.2. The van der Waals surface area contributed by atoms with Crippen LogP contribution in [0.1, 0.15) is 103 Å². The normalized spacial score (nSPS) is 18.7. The summed E-state index contributed by atoms with van der Waals surface area (Å²) in [6.45, 7) is 19.7. The van der Waals surface area contributed by atoms with E-state index in [0.29, 0.717) is 0 Å². The maximum atomic E-state index is 7.01. The van der Waals surface area contributed by atoms with Gasteiger partial charge in [-0.2, -0.15) is 0 Å². The van der Waals surface area contributed by atoms with Gasteiger partial charge in [-0.25, -0.2) is 0 Å². The molecule has 0 spiro atoms. The van der Waals surface area contributed by atoms with Gasteiger partial charge >= 0.3 is 6.85 Å². The molecule has 2 aliphatic carbocycles. The number of thiophene rings is 1. The number of benzene rings is 7. The number of aromatic nitrogens is 1. The van der Waals surface area contributed by atoms with Gasteiger partial charge in [0.05, 0.1) is 5.69 Å².